The van der Waals surface area contributed by atoms with E-state index in [0.29, 0.717) is 12.4 Å². The van der Waals surface area contributed by atoms with Crippen LogP contribution in [0.1, 0.15) is 17.2 Å². The number of aromatic nitrogens is 5. The average Bonchev–Trinajstić information content (AvgIpc) is 3.23. The van der Waals surface area contributed by atoms with Gasteiger partial charge in [-0.25, -0.2) is 9.97 Å². The Balaban J connectivity index is 1.43. The number of thiophene rings is 1. The summed E-state index contributed by atoms with van der Waals surface area (Å²) < 4.78 is 1.27. The fraction of sp³-hybridized carbons (Fsp3) is 0.125. The van der Waals surface area contributed by atoms with Crippen molar-refractivity contribution in [1.29, 1.82) is 0 Å². The summed E-state index contributed by atoms with van der Waals surface area (Å²) in [5, 5.41) is 4.57. The zero-order chi connectivity index (χ0) is 21.2. The molecule has 4 aromatic heterocycles. The molecule has 0 radical (unpaired) electrons. The second-order valence-electron chi connectivity index (χ2n) is 7.30. The van der Waals surface area contributed by atoms with Gasteiger partial charge in [0.15, 0.2) is 0 Å². The van der Waals surface area contributed by atoms with E-state index in [9.17, 15) is 0 Å². The minimum Gasteiger partial charge on any atom is -0.364 e. The lowest BCUT2D eigenvalue weighted by molar-refractivity contribution is 0.964. The molecule has 0 unspecified atom stereocenters. The van der Waals surface area contributed by atoms with Crippen molar-refractivity contribution in [3.8, 4) is 21.7 Å². The van der Waals surface area contributed by atoms with Crippen LogP contribution in [0.4, 0.5) is 5.82 Å². The first-order chi connectivity index (χ1) is 15.1. The van der Waals surface area contributed by atoms with Crippen molar-refractivity contribution in [3.05, 3.63) is 84.5 Å². The van der Waals surface area contributed by atoms with Crippen LogP contribution in [0, 0.1) is 13.8 Å². The number of anilines is 1. The minimum absolute atomic E-state index is 0.545. The fourth-order valence-corrected chi connectivity index (χ4v) is 4.38. The molecule has 0 amide bonds. The third kappa shape index (κ3) is 4.27. The Kier molecular flexibility index (Phi) is 5.09. The molecular formula is C24H20N6S. The maximum absolute atomic E-state index is 4.63. The number of benzene rings is 1. The number of nitrogens with zero attached hydrogens (tertiary/aromatic N) is 5. The van der Waals surface area contributed by atoms with E-state index >= 15 is 0 Å². The summed E-state index contributed by atoms with van der Waals surface area (Å²) in [6, 6.07) is 14.7. The zero-order valence-electron chi connectivity index (χ0n) is 17.2. The molecule has 0 aliphatic heterocycles. The monoisotopic (exact) mass is 424 g/mol. The lowest BCUT2D eigenvalue weighted by atomic mass is 10.1. The number of nitrogens with one attached hydrogen (secondary N) is 1. The molecule has 6 nitrogen and oxygen atoms in total. The normalized spacial score (nSPS) is 11.0. The van der Waals surface area contributed by atoms with Gasteiger partial charge in [-0.15, -0.1) is 11.3 Å². The van der Waals surface area contributed by atoms with Crippen LogP contribution in [0.2, 0.25) is 0 Å². The minimum atomic E-state index is 0.545. The van der Waals surface area contributed by atoms with Gasteiger partial charge in [0.1, 0.15) is 11.6 Å². The van der Waals surface area contributed by atoms with Crippen molar-refractivity contribution in [2.24, 2.45) is 0 Å². The Morgan fingerprint density at radius 3 is 2.58 bits per heavy atom. The van der Waals surface area contributed by atoms with Crippen LogP contribution in [0.5, 0.6) is 0 Å². The van der Waals surface area contributed by atoms with Gasteiger partial charge in [-0.05, 0) is 37.4 Å². The largest absolute Gasteiger partial charge is 0.364 e. The Hall–Kier alpha value is -3.71. The number of hydrogen-bond acceptors (Lipinski definition) is 7. The van der Waals surface area contributed by atoms with Crippen molar-refractivity contribution in [2.45, 2.75) is 20.4 Å². The van der Waals surface area contributed by atoms with Gasteiger partial charge in [0.2, 0.25) is 0 Å². The van der Waals surface area contributed by atoms with Gasteiger partial charge >= 0.3 is 0 Å². The van der Waals surface area contributed by atoms with E-state index in [1.54, 1.807) is 23.7 Å². The molecule has 1 N–H and O–H groups in total. The van der Waals surface area contributed by atoms with Crippen molar-refractivity contribution in [3.63, 3.8) is 0 Å². The van der Waals surface area contributed by atoms with E-state index in [-0.39, 0.29) is 0 Å². The van der Waals surface area contributed by atoms with E-state index in [1.165, 1.54) is 15.0 Å². The number of hydrogen-bond donors (Lipinski definition) is 1. The van der Waals surface area contributed by atoms with Crippen LogP contribution in [0.15, 0.2) is 67.3 Å². The molecule has 7 heteroatoms. The molecule has 1 aromatic carbocycles. The van der Waals surface area contributed by atoms with Crippen LogP contribution in [-0.2, 0) is 6.54 Å². The number of fused-ring (bicyclic) bond motifs is 1. The van der Waals surface area contributed by atoms with Crippen LogP contribution in [0.3, 0.4) is 0 Å². The maximum Gasteiger partial charge on any atom is 0.130 e. The van der Waals surface area contributed by atoms with Gasteiger partial charge in [-0.1, -0.05) is 18.2 Å². The average molecular weight is 425 g/mol. The molecule has 0 saturated carbocycles. The van der Waals surface area contributed by atoms with E-state index < -0.39 is 0 Å². The molecule has 152 valence electrons. The molecule has 0 fully saturated rings. The Morgan fingerprint density at radius 2 is 1.74 bits per heavy atom. The quantitative estimate of drug-likeness (QED) is 0.405. The van der Waals surface area contributed by atoms with Gasteiger partial charge in [-0.2, -0.15) is 0 Å². The highest BCUT2D eigenvalue weighted by Gasteiger charge is 2.09. The van der Waals surface area contributed by atoms with Crippen molar-refractivity contribution >= 4 is 27.2 Å². The molecule has 5 rings (SSSR count). The van der Waals surface area contributed by atoms with Crippen molar-refractivity contribution < 1.29 is 0 Å². The predicted molar refractivity (Wildman–Crippen MR) is 125 cm³/mol. The van der Waals surface area contributed by atoms with Crippen LogP contribution < -0.4 is 5.32 Å². The van der Waals surface area contributed by atoms with Gasteiger partial charge < -0.3 is 5.32 Å². The first-order valence-corrected chi connectivity index (χ1v) is 10.8. The van der Waals surface area contributed by atoms with Crippen molar-refractivity contribution in [1.82, 2.24) is 24.9 Å². The van der Waals surface area contributed by atoms with Gasteiger partial charge in [-0.3, -0.25) is 15.0 Å². The SMILES string of the molecule is Cc1cnc(CNc2cc(-c3cncc(-c4cc5ccccc5s4)c3)nc(C)n2)cn1. The topological polar surface area (TPSA) is 76.5 Å². The summed E-state index contributed by atoms with van der Waals surface area (Å²) in [7, 11) is 0. The third-order valence-electron chi connectivity index (χ3n) is 4.87. The van der Waals surface area contributed by atoms with E-state index in [1.807, 2.05) is 32.3 Å². The smallest absolute Gasteiger partial charge is 0.130 e. The molecule has 0 saturated heterocycles. The van der Waals surface area contributed by atoms with Crippen LogP contribution in [0.25, 0.3) is 31.8 Å². The first kappa shape index (κ1) is 19.3. The molecule has 0 aliphatic carbocycles. The van der Waals surface area contributed by atoms with Crippen molar-refractivity contribution in [2.75, 3.05) is 5.32 Å². The molecule has 0 atom stereocenters. The molecular weight excluding hydrogens is 404 g/mol. The van der Waals surface area contributed by atoms with Crippen LogP contribution in [-0.4, -0.2) is 24.9 Å². The molecule has 0 bridgehead atoms. The lowest BCUT2D eigenvalue weighted by Crippen LogP contribution is -2.06. The Morgan fingerprint density at radius 1 is 0.871 bits per heavy atom. The number of rotatable bonds is 5. The highest BCUT2D eigenvalue weighted by Crippen LogP contribution is 2.34. The summed E-state index contributed by atoms with van der Waals surface area (Å²) in [5.74, 6) is 1.44. The van der Waals surface area contributed by atoms with Gasteiger partial charge in [0.25, 0.3) is 0 Å². The molecule has 4 heterocycles. The predicted octanol–water partition coefficient (Wildman–Crippen LogP) is 5.44. The summed E-state index contributed by atoms with van der Waals surface area (Å²) in [4.78, 5) is 23.5. The summed E-state index contributed by atoms with van der Waals surface area (Å²) in [6.07, 6.45) is 7.28. The third-order valence-corrected chi connectivity index (χ3v) is 6.03. The summed E-state index contributed by atoms with van der Waals surface area (Å²) in [5.41, 5.74) is 4.63. The maximum atomic E-state index is 4.63. The van der Waals surface area contributed by atoms with E-state index in [0.717, 1.165) is 34.0 Å². The summed E-state index contributed by atoms with van der Waals surface area (Å²) >= 11 is 1.77. The second kappa shape index (κ2) is 8.20. The second-order valence-corrected chi connectivity index (χ2v) is 8.38. The van der Waals surface area contributed by atoms with E-state index in [2.05, 4.69) is 66.6 Å². The fourth-order valence-electron chi connectivity index (χ4n) is 3.34. The van der Waals surface area contributed by atoms with Gasteiger partial charge in [0.05, 0.1) is 29.8 Å². The van der Waals surface area contributed by atoms with Gasteiger partial charge in [0, 0.05) is 45.4 Å². The van der Waals surface area contributed by atoms with Crippen LogP contribution >= 0.6 is 11.3 Å². The molecule has 0 spiro atoms. The Labute approximate surface area is 184 Å². The summed E-state index contributed by atoms with van der Waals surface area (Å²) in [6.45, 7) is 4.36. The number of pyridine rings is 1. The lowest BCUT2D eigenvalue weighted by Gasteiger charge is -2.09. The highest BCUT2D eigenvalue weighted by molar-refractivity contribution is 7.22. The number of aryl methyl sites for hydroxylation is 2. The molecule has 31 heavy (non-hydrogen) atoms. The zero-order valence-corrected chi connectivity index (χ0v) is 18.0. The van der Waals surface area contributed by atoms with E-state index in [4.69, 9.17) is 0 Å². The highest BCUT2D eigenvalue weighted by atomic mass is 32.1. The first-order valence-electron chi connectivity index (χ1n) is 9.95. The Bertz CT molecular complexity index is 1330. The molecule has 5 aromatic rings. The molecule has 0 aliphatic rings. The standard InChI is InChI=1S/C24H20N6S/c1-15-10-27-20(13-26-15)14-28-24-9-21(29-16(2)30-24)18-7-19(12-25-11-18)23-8-17-5-3-4-6-22(17)31-23/h3-13H,14H2,1-2H3,(H,28,29,30).